The maximum absolute atomic E-state index is 12.7. The van der Waals surface area contributed by atoms with Gasteiger partial charge >= 0.3 is 0 Å². The lowest BCUT2D eigenvalue weighted by Gasteiger charge is -2.14. The first-order valence-electron chi connectivity index (χ1n) is 7.90. The van der Waals surface area contributed by atoms with Gasteiger partial charge in [0.15, 0.2) is 11.5 Å². The molecule has 0 atom stereocenters. The van der Waals surface area contributed by atoms with Gasteiger partial charge in [-0.3, -0.25) is 9.69 Å². The number of hydrogen-bond acceptors (Lipinski definition) is 5. The van der Waals surface area contributed by atoms with Gasteiger partial charge < -0.3 is 9.47 Å². The average Bonchev–Trinajstić information content (AvgIpc) is 3.19. The molecule has 1 fully saturated rings. The van der Waals surface area contributed by atoms with E-state index in [0.717, 1.165) is 17.7 Å². The molecule has 2 aliphatic heterocycles. The zero-order chi connectivity index (χ0) is 17.2. The molecule has 0 aliphatic carbocycles. The van der Waals surface area contributed by atoms with E-state index in [2.05, 4.69) is 12.1 Å². The van der Waals surface area contributed by atoms with Gasteiger partial charge in [-0.15, -0.1) is 0 Å². The Hall–Kier alpha value is -2.31. The molecule has 6 heteroatoms. The number of rotatable bonds is 4. The molecule has 0 aromatic heterocycles. The molecule has 0 N–H and O–H groups in total. The number of thiocarbonyl (C=S) groups is 1. The summed E-state index contributed by atoms with van der Waals surface area (Å²) in [6.07, 6.45) is 2.63. The Labute approximate surface area is 155 Å². The maximum atomic E-state index is 12.7. The van der Waals surface area contributed by atoms with Crippen molar-refractivity contribution in [3.8, 4) is 11.5 Å². The van der Waals surface area contributed by atoms with Crippen molar-refractivity contribution in [3.63, 3.8) is 0 Å². The molecule has 2 aliphatic rings. The number of ether oxygens (including phenoxy) is 2. The zero-order valence-corrected chi connectivity index (χ0v) is 14.9. The van der Waals surface area contributed by atoms with E-state index in [0.29, 0.717) is 21.5 Å². The molecule has 2 aromatic carbocycles. The lowest BCUT2D eigenvalue weighted by molar-refractivity contribution is -0.122. The fourth-order valence-electron chi connectivity index (χ4n) is 2.73. The van der Waals surface area contributed by atoms with Crippen LogP contribution < -0.4 is 9.47 Å². The van der Waals surface area contributed by atoms with Crippen LogP contribution in [0.1, 0.15) is 11.1 Å². The van der Waals surface area contributed by atoms with E-state index in [1.165, 1.54) is 17.3 Å². The minimum atomic E-state index is -0.0383. The SMILES string of the molecule is O=C1C(=Cc2ccc3c(c2)OCO3)SC(=S)N1CCc1ccccc1. The third-order valence-corrected chi connectivity index (χ3v) is 5.41. The summed E-state index contributed by atoms with van der Waals surface area (Å²) in [4.78, 5) is 15.0. The molecule has 4 rings (SSSR count). The quantitative estimate of drug-likeness (QED) is 0.604. The van der Waals surface area contributed by atoms with Crippen LogP contribution in [0.3, 0.4) is 0 Å². The minimum absolute atomic E-state index is 0.0383. The van der Waals surface area contributed by atoms with E-state index >= 15 is 0 Å². The van der Waals surface area contributed by atoms with Crippen molar-refractivity contribution in [2.24, 2.45) is 0 Å². The molecule has 25 heavy (non-hydrogen) atoms. The number of amides is 1. The molecule has 1 saturated heterocycles. The second-order valence-corrected chi connectivity index (χ2v) is 7.36. The lowest BCUT2D eigenvalue weighted by Crippen LogP contribution is -2.30. The molecule has 4 nitrogen and oxygen atoms in total. The number of carbonyl (C=O) groups excluding carboxylic acids is 1. The first kappa shape index (κ1) is 16.2. The minimum Gasteiger partial charge on any atom is -0.454 e. The summed E-state index contributed by atoms with van der Waals surface area (Å²) in [5, 5.41) is 0. The lowest BCUT2D eigenvalue weighted by atomic mass is 10.1. The fraction of sp³-hybridized carbons (Fsp3) is 0.158. The van der Waals surface area contributed by atoms with Gasteiger partial charge in [0.05, 0.1) is 4.91 Å². The average molecular weight is 369 g/mol. The smallest absolute Gasteiger partial charge is 0.266 e. The predicted molar refractivity (Wildman–Crippen MR) is 103 cm³/mol. The van der Waals surface area contributed by atoms with Gasteiger partial charge in [0.25, 0.3) is 5.91 Å². The maximum Gasteiger partial charge on any atom is 0.266 e. The standard InChI is InChI=1S/C19H15NO3S2/c21-18-17(11-14-6-7-15-16(10-14)23-12-22-15)25-19(24)20(18)9-8-13-4-2-1-3-5-13/h1-7,10-11H,8-9,12H2. The Morgan fingerprint density at radius 2 is 1.92 bits per heavy atom. The molecule has 2 heterocycles. The van der Waals surface area contributed by atoms with Crippen LogP contribution in [0.25, 0.3) is 6.08 Å². The van der Waals surface area contributed by atoms with Crippen molar-refractivity contribution < 1.29 is 14.3 Å². The molecule has 2 aromatic rings. The van der Waals surface area contributed by atoms with E-state index < -0.39 is 0 Å². The summed E-state index contributed by atoms with van der Waals surface area (Å²) in [5.74, 6) is 1.39. The second kappa shape index (κ2) is 6.90. The molecule has 126 valence electrons. The van der Waals surface area contributed by atoms with Gasteiger partial charge in [0.2, 0.25) is 6.79 Å². The predicted octanol–water partition coefficient (Wildman–Crippen LogP) is 3.86. The van der Waals surface area contributed by atoms with Gasteiger partial charge in [0.1, 0.15) is 4.32 Å². The molecule has 0 unspecified atom stereocenters. The van der Waals surface area contributed by atoms with Crippen molar-refractivity contribution in [3.05, 3.63) is 64.6 Å². The molecule has 0 spiro atoms. The molecule has 0 bridgehead atoms. The highest BCUT2D eigenvalue weighted by atomic mass is 32.2. The van der Waals surface area contributed by atoms with E-state index in [-0.39, 0.29) is 12.7 Å². The third kappa shape index (κ3) is 3.41. The Morgan fingerprint density at radius 1 is 1.12 bits per heavy atom. The number of benzene rings is 2. The Balaban J connectivity index is 1.49. The highest BCUT2D eigenvalue weighted by Gasteiger charge is 2.31. The largest absolute Gasteiger partial charge is 0.454 e. The van der Waals surface area contributed by atoms with Crippen molar-refractivity contribution in [2.75, 3.05) is 13.3 Å². The summed E-state index contributed by atoms with van der Waals surface area (Å²) >= 11 is 6.73. The van der Waals surface area contributed by atoms with Crippen LogP contribution in [0.2, 0.25) is 0 Å². The summed E-state index contributed by atoms with van der Waals surface area (Å²) in [6.45, 7) is 0.827. The van der Waals surface area contributed by atoms with Crippen molar-refractivity contribution in [2.45, 2.75) is 6.42 Å². The highest BCUT2D eigenvalue weighted by Crippen LogP contribution is 2.36. The first-order chi connectivity index (χ1) is 12.2. The van der Waals surface area contributed by atoms with Gasteiger partial charge in [0, 0.05) is 6.54 Å². The Bertz CT molecular complexity index is 864. The van der Waals surface area contributed by atoms with Crippen LogP contribution in [0, 0.1) is 0 Å². The van der Waals surface area contributed by atoms with E-state index in [1.54, 1.807) is 4.90 Å². The monoisotopic (exact) mass is 369 g/mol. The molecule has 1 amide bonds. The molecule has 0 radical (unpaired) electrons. The zero-order valence-electron chi connectivity index (χ0n) is 13.3. The third-order valence-electron chi connectivity index (χ3n) is 4.03. The number of carbonyl (C=O) groups is 1. The topological polar surface area (TPSA) is 38.8 Å². The summed E-state index contributed by atoms with van der Waals surface area (Å²) in [7, 11) is 0. The Kier molecular flexibility index (Phi) is 4.46. The van der Waals surface area contributed by atoms with Crippen molar-refractivity contribution >= 4 is 40.3 Å². The first-order valence-corrected chi connectivity index (χ1v) is 9.12. The molecular formula is C19H15NO3S2. The van der Waals surface area contributed by atoms with Crippen LogP contribution in [0.15, 0.2) is 53.4 Å². The van der Waals surface area contributed by atoms with Crippen LogP contribution in [-0.2, 0) is 11.2 Å². The van der Waals surface area contributed by atoms with Gasteiger partial charge in [-0.1, -0.05) is 60.4 Å². The summed E-state index contributed by atoms with van der Waals surface area (Å²) in [6, 6.07) is 15.7. The van der Waals surface area contributed by atoms with E-state index in [4.69, 9.17) is 21.7 Å². The van der Waals surface area contributed by atoms with Gasteiger partial charge in [-0.25, -0.2) is 0 Å². The van der Waals surface area contributed by atoms with Gasteiger partial charge in [-0.2, -0.15) is 0 Å². The van der Waals surface area contributed by atoms with Gasteiger partial charge in [-0.05, 0) is 35.8 Å². The summed E-state index contributed by atoms with van der Waals surface area (Å²) in [5.41, 5.74) is 2.09. The molecular weight excluding hydrogens is 354 g/mol. The van der Waals surface area contributed by atoms with E-state index in [1.807, 2.05) is 42.5 Å². The van der Waals surface area contributed by atoms with Crippen LogP contribution in [0.4, 0.5) is 0 Å². The normalized spacial score (nSPS) is 17.6. The Morgan fingerprint density at radius 3 is 2.76 bits per heavy atom. The summed E-state index contributed by atoms with van der Waals surface area (Å²) < 4.78 is 11.3. The number of fused-ring (bicyclic) bond motifs is 1. The van der Waals surface area contributed by atoms with Crippen molar-refractivity contribution in [1.82, 2.24) is 4.90 Å². The van der Waals surface area contributed by atoms with Crippen molar-refractivity contribution in [1.29, 1.82) is 0 Å². The fourth-order valence-corrected chi connectivity index (χ4v) is 4.04. The van der Waals surface area contributed by atoms with Crippen LogP contribution in [-0.4, -0.2) is 28.5 Å². The van der Waals surface area contributed by atoms with Crippen LogP contribution in [0.5, 0.6) is 11.5 Å². The van der Waals surface area contributed by atoms with Crippen LogP contribution >= 0.6 is 24.0 Å². The number of thioether (sulfide) groups is 1. The second-order valence-electron chi connectivity index (χ2n) is 5.68. The highest BCUT2D eigenvalue weighted by molar-refractivity contribution is 8.26. The molecule has 0 saturated carbocycles. The number of hydrogen-bond donors (Lipinski definition) is 0. The number of nitrogens with zero attached hydrogens (tertiary/aromatic N) is 1. The van der Waals surface area contributed by atoms with E-state index in [9.17, 15) is 4.79 Å².